The van der Waals surface area contributed by atoms with Crippen LogP contribution >= 0.6 is 28.3 Å². The van der Waals surface area contributed by atoms with Crippen LogP contribution < -0.4 is 11.1 Å². The van der Waals surface area contributed by atoms with Gasteiger partial charge in [-0.05, 0) is 30.2 Å². The molecule has 0 bridgehead atoms. The fourth-order valence-electron chi connectivity index (χ4n) is 2.11. The van der Waals surface area contributed by atoms with Gasteiger partial charge >= 0.3 is 0 Å². The van der Waals surface area contributed by atoms with Crippen molar-refractivity contribution in [2.24, 2.45) is 5.73 Å². The normalized spacial score (nSPS) is 12.8. The standard InChI is InChI=1S/C18H21BrN2O2.ClH/c1-18(20,15-7-9-16(19)10-8-15)17(22)21-11-12-23-13-14-5-3-2-4-6-14;/h2-10H,11-13,20H2,1H3,(H,21,22);1H. The number of nitrogens with one attached hydrogen (secondary N) is 1. The third-order valence-electron chi connectivity index (χ3n) is 3.56. The van der Waals surface area contributed by atoms with Crippen molar-refractivity contribution in [3.05, 3.63) is 70.2 Å². The van der Waals surface area contributed by atoms with E-state index < -0.39 is 5.54 Å². The highest BCUT2D eigenvalue weighted by Gasteiger charge is 2.29. The van der Waals surface area contributed by atoms with Crippen molar-refractivity contribution in [2.45, 2.75) is 19.1 Å². The molecule has 2 aromatic carbocycles. The summed E-state index contributed by atoms with van der Waals surface area (Å²) in [5.74, 6) is -0.219. The Morgan fingerprint density at radius 1 is 1.17 bits per heavy atom. The predicted octanol–water partition coefficient (Wildman–Crippen LogP) is 3.38. The molecule has 2 aromatic rings. The summed E-state index contributed by atoms with van der Waals surface area (Å²) in [5.41, 5.74) is 6.98. The highest BCUT2D eigenvalue weighted by atomic mass is 79.9. The molecule has 0 radical (unpaired) electrons. The Hall–Kier alpha value is -1.40. The van der Waals surface area contributed by atoms with Crippen LogP contribution in [0.1, 0.15) is 18.1 Å². The minimum absolute atomic E-state index is 0. The fourth-order valence-corrected chi connectivity index (χ4v) is 2.38. The molecule has 0 aliphatic rings. The van der Waals surface area contributed by atoms with Crippen LogP contribution in [0.5, 0.6) is 0 Å². The van der Waals surface area contributed by atoms with E-state index in [1.165, 1.54) is 0 Å². The molecule has 0 saturated heterocycles. The van der Waals surface area contributed by atoms with Crippen molar-refractivity contribution in [2.75, 3.05) is 13.2 Å². The second-order valence-electron chi connectivity index (χ2n) is 5.50. The number of ether oxygens (including phenoxy) is 1. The number of halogens is 2. The molecular weight excluding hydrogens is 392 g/mol. The Bertz CT molecular complexity index is 633. The largest absolute Gasteiger partial charge is 0.375 e. The topological polar surface area (TPSA) is 64.4 Å². The van der Waals surface area contributed by atoms with Gasteiger partial charge in [0.1, 0.15) is 5.54 Å². The van der Waals surface area contributed by atoms with Crippen LogP contribution in [0.3, 0.4) is 0 Å². The van der Waals surface area contributed by atoms with Gasteiger partial charge in [-0.1, -0.05) is 58.4 Å². The van der Waals surface area contributed by atoms with E-state index >= 15 is 0 Å². The van der Waals surface area contributed by atoms with Crippen molar-refractivity contribution >= 4 is 34.2 Å². The van der Waals surface area contributed by atoms with Gasteiger partial charge in [-0.15, -0.1) is 12.4 Å². The number of carbonyl (C=O) groups is 1. The smallest absolute Gasteiger partial charge is 0.244 e. The van der Waals surface area contributed by atoms with Gasteiger partial charge in [-0.25, -0.2) is 0 Å². The average Bonchev–Trinajstić information content (AvgIpc) is 2.55. The molecule has 2 rings (SSSR count). The van der Waals surface area contributed by atoms with E-state index in [0.29, 0.717) is 19.8 Å². The van der Waals surface area contributed by atoms with Gasteiger partial charge in [0.2, 0.25) is 5.91 Å². The monoisotopic (exact) mass is 412 g/mol. The van der Waals surface area contributed by atoms with Gasteiger partial charge in [0.15, 0.2) is 0 Å². The maximum atomic E-state index is 12.3. The molecule has 1 atom stereocenters. The van der Waals surface area contributed by atoms with Gasteiger partial charge < -0.3 is 15.8 Å². The third-order valence-corrected chi connectivity index (χ3v) is 4.09. The third kappa shape index (κ3) is 5.91. The van der Waals surface area contributed by atoms with Crippen LogP contribution in [0, 0.1) is 0 Å². The quantitative estimate of drug-likeness (QED) is 0.684. The van der Waals surface area contributed by atoms with E-state index in [1.807, 2.05) is 54.6 Å². The van der Waals surface area contributed by atoms with Crippen molar-refractivity contribution in [1.29, 1.82) is 0 Å². The number of nitrogens with two attached hydrogens (primary N) is 1. The fraction of sp³-hybridized carbons (Fsp3) is 0.278. The van der Waals surface area contributed by atoms with Crippen molar-refractivity contribution < 1.29 is 9.53 Å². The molecule has 1 amide bonds. The van der Waals surface area contributed by atoms with Crippen molar-refractivity contribution in [1.82, 2.24) is 5.32 Å². The lowest BCUT2D eigenvalue weighted by molar-refractivity contribution is -0.126. The maximum absolute atomic E-state index is 12.3. The average molecular weight is 414 g/mol. The van der Waals surface area contributed by atoms with Crippen LogP contribution in [0.4, 0.5) is 0 Å². The summed E-state index contributed by atoms with van der Waals surface area (Å²) in [4.78, 5) is 12.3. The lowest BCUT2D eigenvalue weighted by atomic mass is 9.92. The Morgan fingerprint density at radius 3 is 2.42 bits per heavy atom. The van der Waals surface area contributed by atoms with Gasteiger partial charge in [0.05, 0.1) is 13.2 Å². The molecule has 0 heterocycles. The van der Waals surface area contributed by atoms with Gasteiger partial charge in [0.25, 0.3) is 0 Å². The highest BCUT2D eigenvalue weighted by molar-refractivity contribution is 9.10. The van der Waals surface area contributed by atoms with Crippen LogP contribution in [0.2, 0.25) is 0 Å². The van der Waals surface area contributed by atoms with Gasteiger partial charge in [-0.2, -0.15) is 0 Å². The zero-order valence-corrected chi connectivity index (χ0v) is 15.9. The molecule has 0 saturated carbocycles. The van der Waals surface area contributed by atoms with E-state index in [2.05, 4.69) is 21.2 Å². The first-order valence-corrected chi connectivity index (χ1v) is 8.24. The van der Waals surface area contributed by atoms with E-state index in [-0.39, 0.29) is 18.3 Å². The first-order valence-electron chi connectivity index (χ1n) is 7.45. The van der Waals surface area contributed by atoms with Crippen LogP contribution in [0.25, 0.3) is 0 Å². The number of hydrogen-bond acceptors (Lipinski definition) is 3. The number of amides is 1. The minimum atomic E-state index is -1.07. The second kappa shape index (κ2) is 9.79. The Morgan fingerprint density at radius 2 is 1.79 bits per heavy atom. The van der Waals surface area contributed by atoms with E-state index in [0.717, 1.165) is 15.6 Å². The zero-order valence-electron chi connectivity index (χ0n) is 13.5. The molecule has 4 nitrogen and oxygen atoms in total. The molecule has 6 heteroatoms. The van der Waals surface area contributed by atoms with Gasteiger partial charge in [0, 0.05) is 11.0 Å². The molecule has 0 aliphatic carbocycles. The second-order valence-corrected chi connectivity index (χ2v) is 6.42. The first-order chi connectivity index (χ1) is 11.0. The van der Waals surface area contributed by atoms with Crippen LogP contribution in [0.15, 0.2) is 59.1 Å². The van der Waals surface area contributed by atoms with Crippen LogP contribution in [-0.2, 0) is 21.7 Å². The lowest BCUT2D eigenvalue weighted by Gasteiger charge is -2.24. The Kier molecular flexibility index (Phi) is 8.42. The summed E-state index contributed by atoms with van der Waals surface area (Å²) in [5, 5.41) is 2.82. The molecule has 0 aromatic heterocycles. The summed E-state index contributed by atoms with van der Waals surface area (Å²) in [6.07, 6.45) is 0. The first kappa shape index (κ1) is 20.6. The number of benzene rings is 2. The maximum Gasteiger partial charge on any atom is 0.244 e. The zero-order chi connectivity index (χ0) is 16.7. The predicted molar refractivity (Wildman–Crippen MR) is 102 cm³/mol. The molecule has 0 aliphatic heterocycles. The molecule has 24 heavy (non-hydrogen) atoms. The van der Waals surface area contributed by atoms with E-state index in [1.54, 1.807) is 6.92 Å². The molecule has 0 spiro atoms. The SMILES string of the molecule is CC(N)(C(=O)NCCOCc1ccccc1)c1ccc(Br)cc1.Cl. The molecular formula is C18H22BrClN2O2. The van der Waals surface area contributed by atoms with Crippen LogP contribution in [-0.4, -0.2) is 19.1 Å². The molecule has 0 fully saturated rings. The summed E-state index contributed by atoms with van der Waals surface area (Å²) in [6, 6.07) is 17.3. The summed E-state index contributed by atoms with van der Waals surface area (Å²) < 4.78 is 6.49. The number of carbonyl (C=O) groups excluding carboxylic acids is 1. The summed E-state index contributed by atoms with van der Waals surface area (Å²) >= 11 is 3.37. The summed E-state index contributed by atoms with van der Waals surface area (Å²) in [6.45, 7) is 3.10. The van der Waals surface area contributed by atoms with Crippen molar-refractivity contribution in [3.8, 4) is 0 Å². The molecule has 130 valence electrons. The molecule has 3 N–H and O–H groups in total. The number of hydrogen-bond donors (Lipinski definition) is 2. The van der Waals surface area contributed by atoms with Crippen molar-refractivity contribution in [3.63, 3.8) is 0 Å². The molecule has 1 unspecified atom stereocenters. The van der Waals surface area contributed by atoms with E-state index in [4.69, 9.17) is 10.5 Å². The van der Waals surface area contributed by atoms with E-state index in [9.17, 15) is 4.79 Å². The lowest BCUT2D eigenvalue weighted by Crippen LogP contribution is -2.49. The summed E-state index contributed by atoms with van der Waals surface area (Å²) in [7, 11) is 0. The number of rotatable bonds is 7. The Balaban J connectivity index is 0.00000288. The Labute approximate surface area is 157 Å². The minimum Gasteiger partial charge on any atom is -0.375 e. The highest BCUT2D eigenvalue weighted by Crippen LogP contribution is 2.20. The van der Waals surface area contributed by atoms with Gasteiger partial charge in [-0.3, -0.25) is 4.79 Å².